The molecule has 0 aromatic heterocycles. The lowest BCUT2D eigenvalue weighted by Gasteiger charge is -2.34. The number of benzene rings is 3. The van der Waals surface area contributed by atoms with Crippen LogP contribution >= 0.6 is 15.9 Å². The minimum absolute atomic E-state index is 0.152. The van der Waals surface area contributed by atoms with Crippen LogP contribution in [-0.4, -0.2) is 49.7 Å². The number of hydrogen-bond acceptors (Lipinski definition) is 7. The first-order chi connectivity index (χ1) is 19.8. The average Bonchev–Trinajstić information content (AvgIpc) is 3.00. The Bertz CT molecular complexity index is 1350. The molecule has 0 spiro atoms. The molecule has 8 heteroatoms. The van der Waals surface area contributed by atoms with E-state index in [4.69, 9.17) is 19.9 Å². The molecule has 1 atom stereocenters. The van der Waals surface area contributed by atoms with E-state index in [-0.39, 0.29) is 19.2 Å². The van der Waals surface area contributed by atoms with Gasteiger partial charge in [-0.3, -0.25) is 9.69 Å². The van der Waals surface area contributed by atoms with Crippen LogP contribution in [0.5, 0.6) is 5.75 Å². The third-order valence-corrected chi connectivity index (χ3v) is 8.67. The van der Waals surface area contributed by atoms with Gasteiger partial charge in [-0.05, 0) is 88.4 Å². The molecule has 1 saturated carbocycles. The molecule has 41 heavy (non-hydrogen) atoms. The van der Waals surface area contributed by atoms with Crippen molar-refractivity contribution in [2.45, 2.75) is 70.9 Å². The number of rotatable bonds is 12. The van der Waals surface area contributed by atoms with Gasteiger partial charge in [-0.1, -0.05) is 50.5 Å². The van der Waals surface area contributed by atoms with Gasteiger partial charge in [0.2, 0.25) is 0 Å². The minimum atomic E-state index is -0.417. The van der Waals surface area contributed by atoms with Crippen LogP contribution < -0.4 is 10.5 Å². The summed E-state index contributed by atoms with van der Waals surface area (Å²) < 4.78 is 17.0. The molecule has 1 aliphatic carbocycles. The molecule has 7 nitrogen and oxygen atoms in total. The molecule has 1 aliphatic rings. The van der Waals surface area contributed by atoms with Gasteiger partial charge >= 0.3 is 11.9 Å². The quantitative estimate of drug-likeness (QED) is 0.129. The zero-order valence-corrected chi connectivity index (χ0v) is 25.9. The lowest BCUT2D eigenvalue weighted by molar-refractivity contribution is -0.145. The Morgan fingerprint density at radius 2 is 1.71 bits per heavy atom. The molecule has 0 radical (unpaired) electrons. The van der Waals surface area contributed by atoms with Crippen LogP contribution in [0.3, 0.4) is 0 Å². The SMILES string of the molecule is CCN(Cc1cc(C(=O)OCCCOC(=O)C(C)c2ccc3cc(OC)ccc3c2)cc(Br)c1N)C1CCCCC1. The van der Waals surface area contributed by atoms with Gasteiger partial charge in [0, 0.05) is 23.5 Å². The first kappa shape index (κ1) is 30.8. The van der Waals surface area contributed by atoms with E-state index in [1.165, 1.54) is 32.1 Å². The Hall–Kier alpha value is -3.10. The topological polar surface area (TPSA) is 91.1 Å². The van der Waals surface area contributed by atoms with Crippen LogP contribution in [0.25, 0.3) is 10.8 Å². The molecular weight excluding hydrogens is 584 g/mol. The molecular formula is C33H41BrN2O5. The maximum Gasteiger partial charge on any atom is 0.338 e. The van der Waals surface area contributed by atoms with Crippen molar-refractivity contribution in [1.29, 1.82) is 0 Å². The summed E-state index contributed by atoms with van der Waals surface area (Å²) in [7, 11) is 1.64. The highest BCUT2D eigenvalue weighted by atomic mass is 79.9. The van der Waals surface area contributed by atoms with Gasteiger partial charge in [-0.2, -0.15) is 0 Å². The molecule has 1 fully saturated rings. The predicted octanol–water partition coefficient (Wildman–Crippen LogP) is 7.24. The lowest BCUT2D eigenvalue weighted by atomic mass is 9.93. The largest absolute Gasteiger partial charge is 0.497 e. The molecule has 220 valence electrons. The summed E-state index contributed by atoms with van der Waals surface area (Å²) >= 11 is 3.52. The molecule has 0 bridgehead atoms. The highest BCUT2D eigenvalue weighted by Crippen LogP contribution is 2.30. The van der Waals surface area contributed by atoms with E-state index in [1.807, 2.05) is 49.4 Å². The standard InChI is InChI=1S/C33H41BrN2O5/c1-4-36(28-9-6-5-7-10-28)21-27-18-26(20-30(34)31(27)35)33(38)41-16-8-15-40-32(37)22(2)23-11-12-25-19-29(39-3)14-13-24(25)17-23/h11-14,17-20,22,28H,4-10,15-16,21,35H2,1-3H3. The summed E-state index contributed by atoms with van der Waals surface area (Å²) in [5, 5.41) is 2.08. The van der Waals surface area contributed by atoms with Crippen molar-refractivity contribution in [3.05, 3.63) is 69.7 Å². The molecule has 3 aromatic carbocycles. The lowest BCUT2D eigenvalue weighted by Crippen LogP contribution is -2.36. The second kappa shape index (κ2) is 14.7. The molecule has 3 aromatic rings. The second-order valence-electron chi connectivity index (χ2n) is 10.7. The van der Waals surface area contributed by atoms with E-state index >= 15 is 0 Å². The van der Waals surface area contributed by atoms with Crippen LogP contribution in [0, 0.1) is 0 Å². The van der Waals surface area contributed by atoms with Gasteiger partial charge in [-0.25, -0.2) is 4.79 Å². The van der Waals surface area contributed by atoms with Crippen molar-refractivity contribution in [2.75, 3.05) is 32.6 Å². The number of nitrogen functional groups attached to an aromatic ring is 1. The predicted molar refractivity (Wildman–Crippen MR) is 166 cm³/mol. The fourth-order valence-corrected chi connectivity index (χ4v) is 5.97. The summed E-state index contributed by atoms with van der Waals surface area (Å²) in [4.78, 5) is 28.0. The summed E-state index contributed by atoms with van der Waals surface area (Å²) in [6.07, 6.45) is 6.66. The minimum Gasteiger partial charge on any atom is -0.497 e. The third kappa shape index (κ3) is 8.01. The number of anilines is 1. The Kier molecular flexibility index (Phi) is 11.1. The van der Waals surface area contributed by atoms with Gasteiger partial charge in [0.15, 0.2) is 0 Å². The van der Waals surface area contributed by atoms with E-state index in [0.717, 1.165) is 34.2 Å². The highest BCUT2D eigenvalue weighted by molar-refractivity contribution is 9.10. The molecule has 4 rings (SSSR count). The Morgan fingerprint density at radius 3 is 2.44 bits per heavy atom. The number of hydrogen-bond donors (Lipinski definition) is 1. The second-order valence-corrected chi connectivity index (χ2v) is 11.6. The molecule has 0 amide bonds. The monoisotopic (exact) mass is 624 g/mol. The average molecular weight is 626 g/mol. The van der Waals surface area contributed by atoms with Crippen LogP contribution in [0.4, 0.5) is 5.69 Å². The number of nitrogens with two attached hydrogens (primary N) is 1. The van der Waals surface area contributed by atoms with Crippen LogP contribution in [0.1, 0.15) is 79.8 Å². The van der Waals surface area contributed by atoms with E-state index in [9.17, 15) is 9.59 Å². The maximum atomic E-state index is 12.8. The first-order valence-electron chi connectivity index (χ1n) is 14.5. The number of fused-ring (bicyclic) bond motifs is 1. The van der Waals surface area contributed by atoms with Crippen molar-refractivity contribution in [2.24, 2.45) is 0 Å². The molecule has 1 unspecified atom stereocenters. The number of esters is 2. The first-order valence-corrected chi connectivity index (χ1v) is 15.3. The molecule has 0 heterocycles. The fourth-order valence-electron chi connectivity index (χ4n) is 5.47. The molecule has 2 N–H and O–H groups in total. The molecule has 0 aliphatic heterocycles. The third-order valence-electron chi connectivity index (χ3n) is 8.01. The Morgan fingerprint density at radius 1 is 1.00 bits per heavy atom. The number of carbonyl (C=O) groups is 2. The van der Waals surface area contributed by atoms with E-state index in [0.29, 0.717) is 34.7 Å². The number of nitrogens with zero attached hydrogens (tertiary/aromatic N) is 1. The number of methoxy groups -OCH3 is 1. The highest BCUT2D eigenvalue weighted by Gasteiger charge is 2.22. The number of halogens is 1. The number of carbonyl (C=O) groups excluding carboxylic acids is 2. The van der Waals surface area contributed by atoms with Crippen molar-refractivity contribution >= 4 is 44.3 Å². The van der Waals surface area contributed by atoms with Gasteiger partial charge in [0.1, 0.15) is 5.75 Å². The van der Waals surface area contributed by atoms with E-state index in [2.05, 4.69) is 27.8 Å². The summed E-state index contributed by atoms with van der Waals surface area (Å²) in [6.45, 7) is 5.96. The van der Waals surface area contributed by atoms with Crippen molar-refractivity contribution in [3.63, 3.8) is 0 Å². The zero-order chi connectivity index (χ0) is 29.4. The summed E-state index contributed by atoms with van der Waals surface area (Å²) in [5.74, 6) is -0.346. The van der Waals surface area contributed by atoms with Gasteiger partial charge < -0.3 is 19.9 Å². The Labute approximate surface area is 251 Å². The summed E-state index contributed by atoms with van der Waals surface area (Å²) in [6, 6.07) is 15.9. The van der Waals surface area contributed by atoms with Gasteiger partial charge in [0.25, 0.3) is 0 Å². The zero-order valence-electron chi connectivity index (χ0n) is 24.3. The van der Waals surface area contributed by atoms with E-state index in [1.54, 1.807) is 13.2 Å². The Balaban J connectivity index is 1.26. The van der Waals surface area contributed by atoms with Crippen LogP contribution in [0.15, 0.2) is 53.0 Å². The van der Waals surface area contributed by atoms with Gasteiger partial charge in [-0.15, -0.1) is 0 Å². The maximum absolute atomic E-state index is 12.8. The van der Waals surface area contributed by atoms with E-state index < -0.39 is 11.9 Å². The normalized spacial score (nSPS) is 14.7. The van der Waals surface area contributed by atoms with Crippen molar-refractivity contribution < 1.29 is 23.8 Å². The van der Waals surface area contributed by atoms with Crippen molar-refractivity contribution in [3.8, 4) is 5.75 Å². The summed E-state index contributed by atoms with van der Waals surface area (Å²) in [5.41, 5.74) is 9.30. The van der Waals surface area contributed by atoms with Crippen LogP contribution in [-0.2, 0) is 20.8 Å². The smallest absolute Gasteiger partial charge is 0.338 e. The van der Waals surface area contributed by atoms with Crippen molar-refractivity contribution in [1.82, 2.24) is 4.90 Å². The van der Waals surface area contributed by atoms with Gasteiger partial charge in [0.05, 0.1) is 37.5 Å². The number of ether oxygens (including phenoxy) is 3. The molecule has 0 saturated heterocycles. The van der Waals surface area contributed by atoms with Crippen LogP contribution in [0.2, 0.25) is 0 Å². The fraction of sp³-hybridized carbons (Fsp3) is 0.455.